The minimum absolute atomic E-state index is 0.0685. The predicted molar refractivity (Wildman–Crippen MR) is 108 cm³/mol. The standard InChI is InChI=1S/C22H17F3N4O3/c1-28-10-9-21(32,20(28)31)8-7-13-3-2-4-14(11-13)19-27-17(18(26)30)16-6-5-15(12-29(16)19)22(23,24)25/h2-6,11-12,32H,9-10H2,1H3,(H2,26,30)/t21-/m0/s1. The molecular weight excluding hydrogens is 425 g/mol. The summed E-state index contributed by atoms with van der Waals surface area (Å²) >= 11 is 0. The third kappa shape index (κ3) is 3.67. The number of nitrogens with two attached hydrogens (primary N) is 1. The Kier molecular flexibility index (Phi) is 4.94. The summed E-state index contributed by atoms with van der Waals surface area (Å²) in [6.07, 6.45) is -3.58. The number of carbonyl (C=O) groups excluding carboxylic acids is 2. The Morgan fingerprint density at radius 2 is 2.03 bits per heavy atom. The van der Waals surface area contributed by atoms with Gasteiger partial charge in [-0.1, -0.05) is 24.0 Å². The Labute approximate surface area is 180 Å². The third-order valence-corrected chi connectivity index (χ3v) is 5.24. The summed E-state index contributed by atoms with van der Waals surface area (Å²) in [4.78, 5) is 29.4. The highest BCUT2D eigenvalue weighted by Gasteiger charge is 2.42. The van der Waals surface area contributed by atoms with Crippen molar-refractivity contribution in [2.24, 2.45) is 5.73 Å². The molecule has 0 aliphatic carbocycles. The van der Waals surface area contributed by atoms with E-state index in [2.05, 4.69) is 16.8 Å². The third-order valence-electron chi connectivity index (χ3n) is 5.24. The van der Waals surface area contributed by atoms with Gasteiger partial charge < -0.3 is 15.7 Å². The number of alkyl halides is 3. The average molecular weight is 442 g/mol. The highest BCUT2D eigenvalue weighted by Crippen LogP contribution is 2.32. The normalized spacial score (nSPS) is 18.7. The first kappa shape index (κ1) is 21.4. The number of pyridine rings is 1. The number of hydrogen-bond donors (Lipinski definition) is 2. The molecule has 0 bridgehead atoms. The molecule has 2 aromatic heterocycles. The largest absolute Gasteiger partial charge is 0.417 e. The lowest BCUT2D eigenvalue weighted by Crippen LogP contribution is -2.37. The van der Waals surface area contributed by atoms with Crippen molar-refractivity contribution in [3.05, 3.63) is 59.4 Å². The second kappa shape index (κ2) is 7.39. The van der Waals surface area contributed by atoms with Crippen LogP contribution >= 0.6 is 0 Å². The van der Waals surface area contributed by atoms with E-state index in [9.17, 15) is 27.9 Å². The first-order valence-corrected chi connectivity index (χ1v) is 9.50. The van der Waals surface area contributed by atoms with Gasteiger partial charge in [0.2, 0.25) is 5.60 Å². The molecule has 1 fully saturated rings. The molecule has 1 saturated heterocycles. The summed E-state index contributed by atoms with van der Waals surface area (Å²) in [6.45, 7) is 0.377. The van der Waals surface area contributed by atoms with Crippen LogP contribution in [0.1, 0.15) is 28.0 Å². The van der Waals surface area contributed by atoms with Crippen molar-refractivity contribution in [2.75, 3.05) is 13.6 Å². The molecule has 7 nitrogen and oxygen atoms in total. The second-order valence-corrected chi connectivity index (χ2v) is 7.49. The van der Waals surface area contributed by atoms with Gasteiger partial charge in [-0.2, -0.15) is 13.2 Å². The summed E-state index contributed by atoms with van der Waals surface area (Å²) in [5.41, 5.74) is 3.40. The van der Waals surface area contributed by atoms with Gasteiger partial charge in [0, 0.05) is 37.3 Å². The lowest BCUT2D eigenvalue weighted by molar-refractivity contribution is -0.138. The molecule has 32 heavy (non-hydrogen) atoms. The van der Waals surface area contributed by atoms with Gasteiger partial charge in [0.25, 0.3) is 11.8 Å². The van der Waals surface area contributed by atoms with Crippen LogP contribution in [0.4, 0.5) is 13.2 Å². The molecule has 1 aromatic carbocycles. The lowest BCUT2D eigenvalue weighted by Gasteiger charge is -2.13. The zero-order valence-corrected chi connectivity index (χ0v) is 16.8. The van der Waals surface area contributed by atoms with Crippen LogP contribution in [0.3, 0.4) is 0 Å². The Bertz CT molecular complexity index is 1320. The zero-order chi connectivity index (χ0) is 23.3. The number of amides is 2. The van der Waals surface area contributed by atoms with Crippen molar-refractivity contribution >= 4 is 17.3 Å². The number of benzene rings is 1. The fraction of sp³-hybridized carbons (Fsp3) is 0.227. The van der Waals surface area contributed by atoms with Crippen molar-refractivity contribution in [3.8, 4) is 23.2 Å². The molecule has 164 valence electrons. The topological polar surface area (TPSA) is 101 Å². The Hall–Kier alpha value is -3.84. The summed E-state index contributed by atoms with van der Waals surface area (Å²) in [6, 6.07) is 8.35. The molecule has 10 heteroatoms. The number of likely N-dealkylation sites (tertiary alicyclic amines) is 1. The summed E-state index contributed by atoms with van der Waals surface area (Å²) < 4.78 is 40.8. The molecule has 2 amide bonds. The predicted octanol–water partition coefficient (Wildman–Crippen LogP) is 2.06. The van der Waals surface area contributed by atoms with Crippen molar-refractivity contribution in [1.29, 1.82) is 0 Å². The van der Waals surface area contributed by atoms with Crippen LogP contribution < -0.4 is 5.73 Å². The molecule has 1 atom stereocenters. The van der Waals surface area contributed by atoms with Gasteiger partial charge in [-0.3, -0.25) is 14.0 Å². The molecule has 3 heterocycles. The van der Waals surface area contributed by atoms with E-state index < -0.39 is 29.2 Å². The van der Waals surface area contributed by atoms with E-state index in [1.165, 1.54) is 4.90 Å². The Morgan fingerprint density at radius 1 is 1.28 bits per heavy atom. The molecule has 0 spiro atoms. The monoisotopic (exact) mass is 442 g/mol. The van der Waals surface area contributed by atoms with Gasteiger partial charge in [-0.25, -0.2) is 4.98 Å². The van der Waals surface area contributed by atoms with Gasteiger partial charge in [0.05, 0.1) is 11.1 Å². The summed E-state index contributed by atoms with van der Waals surface area (Å²) in [5.74, 6) is 4.03. The number of likely N-dealkylation sites (N-methyl/N-ethyl adjacent to an activating group) is 1. The van der Waals surface area contributed by atoms with Crippen LogP contribution in [0.15, 0.2) is 42.6 Å². The first-order valence-electron chi connectivity index (χ1n) is 9.50. The quantitative estimate of drug-likeness (QED) is 0.594. The van der Waals surface area contributed by atoms with Crippen LogP contribution in [-0.4, -0.2) is 50.4 Å². The van der Waals surface area contributed by atoms with Crippen LogP contribution in [0.25, 0.3) is 16.9 Å². The van der Waals surface area contributed by atoms with Gasteiger partial charge in [-0.05, 0) is 24.3 Å². The van der Waals surface area contributed by atoms with Crippen molar-refractivity contribution < 1.29 is 27.9 Å². The molecule has 0 unspecified atom stereocenters. The SMILES string of the molecule is CN1CC[C@@](O)(C#Cc2cccc(-c3nc(C(N)=O)c4ccc(C(F)(F)F)cn34)c2)C1=O. The molecule has 3 aromatic rings. The lowest BCUT2D eigenvalue weighted by atomic mass is 10.0. The Balaban J connectivity index is 1.81. The minimum atomic E-state index is -4.59. The summed E-state index contributed by atoms with van der Waals surface area (Å²) in [7, 11) is 1.57. The van der Waals surface area contributed by atoms with E-state index in [0.29, 0.717) is 17.7 Å². The number of aliphatic hydroxyl groups is 1. The number of nitrogens with zero attached hydrogens (tertiary/aromatic N) is 3. The van der Waals surface area contributed by atoms with E-state index in [4.69, 9.17) is 5.73 Å². The van der Waals surface area contributed by atoms with Crippen molar-refractivity contribution in [1.82, 2.24) is 14.3 Å². The van der Waals surface area contributed by atoms with E-state index in [-0.39, 0.29) is 23.5 Å². The number of primary amides is 1. The second-order valence-electron chi connectivity index (χ2n) is 7.49. The fourth-order valence-corrected chi connectivity index (χ4v) is 3.52. The van der Waals surface area contributed by atoms with Gasteiger partial charge >= 0.3 is 6.18 Å². The first-order chi connectivity index (χ1) is 15.0. The maximum atomic E-state index is 13.2. The molecule has 4 rings (SSSR count). The highest BCUT2D eigenvalue weighted by molar-refractivity contribution is 5.99. The number of hydrogen-bond acceptors (Lipinski definition) is 4. The van der Waals surface area contributed by atoms with E-state index >= 15 is 0 Å². The maximum Gasteiger partial charge on any atom is 0.417 e. The summed E-state index contributed by atoms with van der Waals surface area (Å²) in [5, 5.41) is 10.5. The van der Waals surface area contributed by atoms with Crippen LogP contribution in [0, 0.1) is 11.8 Å². The molecule has 0 radical (unpaired) electrons. The molecule has 1 aliphatic heterocycles. The number of aromatic nitrogens is 2. The number of imidazole rings is 1. The van der Waals surface area contributed by atoms with Crippen LogP contribution in [0.5, 0.6) is 0 Å². The van der Waals surface area contributed by atoms with E-state index in [1.807, 2.05) is 0 Å². The van der Waals surface area contributed by atoms with Gasteiger partial charge in [0.1, 0.15) is 5.82 Å². The number of rotatable bonds is 2. The van der Waals surface area contributed by atoms with Gasteiger partial charge in [0.15, 0.2) is 5.69 Å². The zero-order valence-electron chi connectivity index (χ0n) is 16.8. The number of fused-ring (bicyclic) bond motifs is 1. The molecule has 1 aliphatic rings. The highest BCUT2D eigenvalue weighted by atomic mass is 19.4. The van der Waals surface area contributed by atoms with Gasteiger partial charge in [-0.15, -0.1) is 0 Å². The smallest absolute Gasteiger partial charge is 0.369 e. The fourth-order valence-electron chi connectivity index (χ4n) is 3.52. The number of carbonyl (C=O) groups is 2. The average Bonchev–Trinajstić information content (AvgIpc) is 3.25. The van der Waals surface area contributed by atoms with E-state index in [1.54, 1.807) is 31.3 Å². The molecular formula is C22H17F3N4O3. The maximum absolute atomic E-state index is 13.2. The van der Waals surface area contributed by atoms with Crippen LogP contribution in [-0.2, 0) is 11.0 Å². The molecule has 3 N–H and O–H groups in total. The minimum Gasteiger partial charge on any atom is -0.369 e. The van der Waals surface area contributed by atoms with Crippen molar-refractivity contribution in [2.45, 2.75) is 18.2 Å². The van der Waals surface area contributed by atoms with Crippen LogP contribution in [0.2, 0.25) is 0 Å². The molecule has 0 saturated carbocycles. The number of halogens is 3. The Morgan fingerprint density at radius 3 is 2.66 bits per heavy atom. The van der Waals surface area contributed by atoms with E-state index in [0.717, 1.165) is 22.7 Å². The van der Waals surface area contributed by atoms with Crippen molar-refractivity contribution in [3.63, 3.8) is 0 Å².